The number of amides is 1. The van der Waals surface area contributed by atoms with Gasteiger partial charge in [0.1, 0.15) is 5.82 Å². The number of azide groups is 1. The molecule has 190 valence electrons. The van der Waals surface area contributed by atoms with Crippen molar-refractivity contribution in [2.45, 2.75) is 44.9 Å². The van der Waals surface area contributed by atoms with Crippen molar-refractivity contribution >= 4 is 29.0 Å². The lowest BCUT2D eigenvalue weighted by Crippen LogP contribution is -2.39. The number of aryl methyl sites for hydroxylation is 1. The number of nitriles is 1. The average molecular weight is 520 g/mol. The van der Waals surface area contributed by atoms with E-state index in [0.29, 0.717) is 47.2 Å². The molecule has 2 aliphatic heterocycles. The van der Waals surface area contributed by atoms with E-state index in [9.17, 15) is 15.2 Å². The first kappa shape index (κ1) is 24.8. The molecule has 1 amide bonds. The number of aliphatic hydroxyl groups excluding tert-OH is 1. The molecule has 5 rings (SSSR count). The monoisotopic (exact) mass is 519 g/mol. The van der Waals surface area contributed by atoms with E-state index >= 15 is 0 Å². The standard InChI is InChI=1S/C25H26ClN9O2/c1-15-12-35-23(30-24(15)33-13-17(10-27)22(36)14-33)9-20(31-35)21-4-2-3-7-34(21)25(37)19-8-18(26)6-5-16(19)11-29-32-28/h5-6,8-9,12,17,21-22,36H,2-4,7,11,13-14H2,1H3/t17-,21+,22+/m1/s1. The Kier molecular flexibility index (Phi) is 6.89. The van der Waals surface area contributed by atoms with Crippen LogP contribution in [-0.2, 0) is 6.54 Å². The molecule has 2 saturated heterocycles. The number of fused-ring (bicyclic) bond motifs is 1. The summed E-state index contributed by atoms with van der Waals surface area (Å²) in [6.07, 6.45) is 3.77. The van der Waals surface area contributed by atoms with Crippen LogP contribution in [0.5, 0.6) is 0 Å². The molecule has 37 heavy (non-hydrogen) atoms. The van der Waals surface area contributed by atoms with Crippen molar-refractivity contribution in [2.75, 3.05) is 24.5 Å². The number of piperidine rings is 1. The van der Waals surface area contributed by atoms with Crippen LogP contribution >= 0.6 is 11.6 Å². The molecule has 12 heteroatoms. The second-order valence-corrected chi connectivity index (χ2v) is 9.96. The summed E-state index contributed by atoms with van der Waals surface area (Å²) < 4.78 is 1.71. The van der Waals surface area contributed by atoms with Crippen molar-refractivity contribution in [1.82, 2.24) is 19.5 Å². The quantitative estimate of drug-likeness (QED) is 0.303. The van der Waals surface area contributed by atoms with Crippen LogP contribution in [0.3, 0.4) is 0 Å². The maximum atomic E-state index is 13.7. The van der Waals surface area contributed by atoms with E-state index in [-0.39, 0.29) is 18.5 Å². The number of carbonyl (C=O) groups is 1. The summed E-state index contributed by atoms with van der Waals surface area (Å²) in [5, 5.41) is 28.3. The second kappa shape index (κ2) is 10.3. The molecule has 1 aromatic carbocycles. The Labute approximate surface area is 218 Å². The van der Waals surface area contributed by atoms with Gasteiger partial charge in [0, 0.05) is 53.0 Å². The molecule has 0 saturated carbocycles. The molecular formula is C25H26ClN9O2. The molecule has 0 spiro atoms. The summed E-state index contributed by atoms with van der Waals surface area (Å²) >= 11 is 6.22. The fourth-order valence-corrected chi connectivity index (χ4v) is 5.39. The normalized spacial score (nSPS) is 21.6. The second-order valence-electron chi connectivity index (χ2n) is 9.53. The highest BCUT2D eigenvalue weighted by Gasteiger charge is 2.34. The van der Waals surface area contributed by atoms with Gasteiger partial charge < -0.3 is 14.9 Å². The van der Waals surface area contributed by atoms with Gasteiger partial charge in [-0.1, -0.05) is 22.8 Å². The first-order valence-corrected chi connectivity index (χ1v) is 12.6. The van der Waals surface area contributed by atoms with Crippen LogP contribution in [0, 0.1) is 24.2 Å². The Morgan fingerprint density at radius 2 is 2.19 bits per heavy atom. The smallest absolute Gasteiger partial charge is 0.254 e. The minimum absolute atomic E-state index is 0.0610. The Hall–Kier alpha value is -3.84. The number of halogens is 1. The number of β-amino-alcohol motifs (C(OH)–C–C–N with tert-alkyl or cyclic N) is 1. The SMILES string of the molecule is Cc1cn2nc([C@@H]3CCCCN3C(=O)c3cc(Cl)ccc3CN=[N+]=[N-])cc2nc1N1C[C@@H](C#N)[C@@H](O)C1. The third-order valence-corrected chi connectivity index (χ3v) is 7.33. The molecule has 3 aromatic rings. The number of aliphatic hydroxyl groups is 1. The van der Waals surface area contributed by atoms with Gasteiger partial charge in [0.05, 0.1) is 36.4 Å². The van der Waals surface area contributed by atoms with Crippen LogP contribution in [0.2, 0.25) is 5.02 Å². The molecule has 2 aliphatic rings. The van der Waals surface area contributed by atoms with Crippen LogP contribution in [0.15, 0.2) is 35.6 Å². The van der Waals surface area contributed by atoms with Crippen molar-refractivity contribution in [3.63, 3.8) is 0 Å². The van der Waals surface area contributed by atoms with Gasteiger partial charge in [-0.15, -0.1) is 0 Å². The zero-order valence-corrected chi connectivity index (χ0v) is 21.1. The maximum Gasteiger partial charge on any atom is 0.254 e. The van der Waals surface area contributed by atoms with Gasteiger partial charge >= 0.3 is 0 Å². The minimum Gasteiger partial charge on any atom is -0.390 e. The largest absolute Gasteiger partial charge is 0.390 e. The fourth-order valence-electron chi connectivity index (χ4n) is 5.22. The first-order chi connectivity index (χ1) is 17.9. The predicted octanol–water partition coefficient (Wildman–Crippen LogP) is 4.19. The van der Waals surface area contributed by atoms with E-state index in [2.05, 4.69) is 16.1 Å². The number of nitrogens with zero attached hydrogens (tertiary/aromatic N) is 9. The molecule has 0 bridgehead atoms. The molecule has 11 nitrogen and oxygen atoms in total. The Morgan fingerprint density at radius 3 is 2.95 bits per heavy atom. The topological polar surface area (TPSA) is 147 Å². The number of hydrogen-bond acceptors (Lipinski definition) is 7. The van der Waals surface area contributed by atoms with Gasteiger partial charge in [0.25, 0.3) is 5.91 Å². The van der Waals surface area contributed by atoms with E-state index < -0.39 is 12.0 Å². The average Bonchev–Trinajstić information content (AvgIpc) is 3.49. The lowest BCUT2D eigenvalue weighted by molar-refractivity contribution is 0.0604. The van der Waals surface area contributed by atoms with Crippen LogP contribution in [0.1, 0.15) is 52.5 Å². The zero-order chi connectivity index (χ0) is 26.1. The molecule has 2 aromatic heterocycles. The number of likely N-dealkylation sites (tertiary alicyclic amines) is 1. The van der Waals surface area contributed by atoms with Gasteiger partial charge in [-0.2, -0.15) is 10.4 Å². The van der Waals surface area contributed by atoms with Crippen LogP contribution in [0.4, 0.5) is 5.82 Å². The summed E-state index contributed by atoms with van der Waals surface area (Å²) in [6, 6.07) is 8.83. The van der Waals surface area contributed by atoms with Gasteiger partial charge in [-0.05, 0) is 49.4 Å². The lowest BCUT2D eigenvalue weighted by Gasteiger charge is -2.35. The third kappa shape index (κ3) is 4.79. The molecule has 0 unspecified atom stereocenters. The molecule has 2 fully saturated rings. The highest BCUT2D eigenvalue weighted by Crippen LogP contribution is 2.34. The number of hydrogen-bond donors (Lipinski definition) is 1. The van der Waals surface area contributed by atoms with E-state index in [1.807, 2.05) is 29.0 Å². The lowest BCUT2D eigenvalue weighted by atomic mass is 9.97. The minimum atomic E-state index is -0.708. The van der Waals surface area contributed by atoms with E-state index in [1.165, 1.54) is 0 Å². The summed E-state index contributed by atoms with van der Waals surface area (Å²) in [5.41, 5.74) is 12.1. The number of benzene rings is 1. The number of aromatic nitrogens is 3. The summed E-state index contributed by atoms with van der Waals surface area (Å²) in [6.45, 7) is 3.34. The van der Waals surface area contributed by atoms with Gasteiger partial charge in [0.15, 0.2) is 5.65 Å². The van der Waals surface area contributed by atoms with Crippen molar-refractivity contribution in [2.24, 2.45) is 11.0 Å². The molecular weight excluding hydrogens is 494 g/mol. The number of rotatable bonds is 5. The molecule has 1 N–H and O–H groups in total. The highest BCUT2D eigenvalue weighted by atomic mass is 35.5. The fraction of sp³-hybridized carbons (Fsp3) is 0.440. The Morgan fingerprint density at radius 1 is 1.35 bits per heavy atom. The van der Waals surface area contributed by atoms with Crippen molar-refractivity contribution in [3.05, 3.63) is 68.3 Å². The number of carbonyl (C=O) groups excluding carboxylic acids is 1. The van der Waals surface area contributed by atoms with E-state index in [4.69, 9.17) is 27.2 Å². The van der Waals surface area contributed by atoms with E-state index in [1.54, 1.807) is 22.7 Å². The van der Waals surface area contributed by atoms with Crippen molar-refractivity contribution in [3.8, 4) is 6.07 Å². The summed E-state index contributed by atoms with van der Waals surface area (Å²) in [5.74, 6) is 0.0923. The zero-order valence-electron chi connectivity index (χ0n) is 20.3. The van der Waals surface area contributed by atoms with Gasteiger partial charge in [-0.3, -0.25) is 4.79 Å². The molecule has 4 heterocycles. The summed E-state index contributed by atoms with van der Waals surface area (Å²) in [7, 11) is 0. The van der Waals surface area contributed by atoms with Gasteiger partial charge in [0.2, 0.25) is 0 Å². The molecule has 0 aliphatic carbocycles. The van der Waals surface area contributed by atoms with Crippen molar-refractivity contribution < 1.29 is 9.90 Å². The van der Waals surface area contributed by atoms with Crippen LogP contribution < -0.4 is 4.90 Å². The third-order valence-electron chi connectivity index (χ3n) is 7.09. The van der Waals surface area contributed by atoms with E-state index in [0.717, 1.165) is 30.5 Å². The maximum absolute atomic E-state index is 13.7. The van der Waals surface area contributed by atoms with Crippen LogP contribution in [0.25, 0.3) is 16.1 Å². The first-order valence-electron chi connectivity index (χ1n) is 12.2. The highest BCUT2D eigenvalue weighted by molar-refractivity contribution is 6.31. The Balaban J connectivity index is 1.47. The predicted molar refractivity (Wildman–Crippen MR) is 137 cm³/mol. The number of anilines is 1. The van der Waals surface area contributed by atoms with Gasteiger partial charge in [-0.25, -0.2) is 9.50 Å². The Bertz CT molecular complexity index is 1440. The molecule has 3 atom stereocenters. The summed E-state index contributed by atoms with van der Waals surface area (Å²) in [4.78, 5) is 25.1. The van der Waals surface area contributed by atoms with Crippen molar-refractivity contribution in [1.29, 1.82) is 5.26 Å². The molecule has 0 radical (unpaired) electrons. The van der Waals surface area contributed by atoms with Crippen LogP contribution in [-0.4, -0.2) is 56.2 Å².